The van der Waals surface area contributed by atoms with E-state index in [0.29, 0.717) is 16.6 Å². The first-order valence-electron chi connectivity index (χ1n) is 9.30. The number of fused-ring (bicyclic) bond motifs is 1. The van der Waals surface area contributed by atoms with Gasteiger partial charge in [0.05, 0.1) is 17.6 Å². The maximum Gasteiger partial charge on any atom is 0.269 e. The number of nitrogens with zero attached hydrogens (tertiary/aromatic N) is 2. The molecule has 0 saturated heterocycles. The number of hydrogen-bond donors (Lipinski definition) is 3. The Morgan fingerprint density at radius 1 is 0.931 bits per heavy atom. The molecule has 1 aromatic heterocycles. The van der Waals surface area contributed by atoms with Crippen molar-refractivity contribution in [3.63, 3.8) is 0 Å². The molecule has 0 radical (unpaired) electrons. The number of carbonyl (C=O) groups excluding carboxylic acids is 3. The summed E-state index contributed by atoms with van der Waals surface area (Å²) in [5, 5.41) is 2.51. The maximum absolute atomic E-state index is 12.3. The molecule has 0 aliphatic rings. The fraction of sp³-hybridized carbons (Fsp3) is 0.238. The van der Waals surface area contributed by atoms with Gasteiger partial charge in [-0.3, -0.25) is 25.2 Å². The lowest BCUT2D eigenvalue weighted by molar-refractivity contribution is -0.120. The molecule has 2 aromatic carbocycles. The van der Waals surface area contributed by atoms with E-state index in [1.165, 1.54) is 0 Å². The molecule has 0 fully saturated rings. The topological polar surface area (TPSA) is 105 Å². The lowest BCUT2D eigenvalue weighted by atomic mass is 10.1. The summed E-state index contributed by atoms with van der Waals surface area (Å²) in [7, 11) is 0. The quantitative estimate of drug-likeness (QED) is 0.576. The molecule has 0 aliphatic heterocycles. The molecule has 3 amide bonds. The molecule has 8 nitrogen and oxygen atoms in total. The summed E-state index contributed by atoms with van der Waals surface area (Å²) in [4.78, 5) is 40.7. The van der Waals surface area contributed by atoms with Gasteiger partial charge in [0.1, 0.15) is 5.82 Å². The smallest absolute Gasteiger partial charge is 0.269 e. The van der Waals surface area contributed by atoms with E-state index in [0.717, 1.165) is 23.4 Å². The summed E-state index contributed by atoms with van der Waals surface area (Å²) >= 11 is 0. The fourth-order valence-electron chi connectivity index (χ4n) is 3.00. The van der Waals surface area contributed by atoms with Crippen LogP contribution in [-0.4, -0.2) is 33.8 Å². The van der Waals surface area contributed by atoms with Crippen molar-refractivity contribution < 1.29 is 14.4 Å². The summed E-state index contributed by atoms with van der Waals surface area (Å²) in [6.07, 6.45) is 0. The van der Waals surface area contributed by atoms with Crippen LogP contribution in [0.3, 0.4) is 0 Å². The number of hydrazine groups is 1. The normalized spacial score (nSPS) is 10.6. The number of carbonyl (C=O) groups is 3. The first-order chi connectivity index (χ1) is 13.9. The highest BCUT2D eigenvalue weighted by molar-refractivity contribution is 5.99. The van der Waals surface area contributed by atoms with E-state index in [9.17, 15) is 14.4 Å². The molecular formula is C21H23N5O3. The Morgan fingerprint density at radius 2 is 1.62 bits per heavy atom. The third kappa shape index (κ3) is 4.60. The second-order valence-electron chi connectivity index (χ2n) is 6.66. The van der Waals surface area contributed by atoms with Gasteiger partial charge in [0.2, 0.25) is 0 Å². The minimum atomic E-state index is -0.536. The van der Waals surface area contributed by atoms with Crippen molar-refractivity contribution >= 4 is 28.8 Å². The molecule has 0 aliphatic carbocycles. The van der Waals surface area contributed by atoms with Gasteiger partial charge in [-0.2, -0.15) is 0 Å². The number of aromatic nitrogens is 2. The Bertz CT molecular complexity index is 1070. The summed E-state index contributed by atoms with van der Waals surface area (Å²) in [5.74, 6) is -0.490. The number of amides is 3. The van der Waals surface area contributed by atoms with Crippen LogP contribution in [0, 0.1) is 13.8 Å². The van der Waals surface area contributed by atoms with Crippen LogP contribution in [-0.2, 0) is 11.3 Å². The van der Waals surface area contributed by atoms with E-state index in [4.69, 9.17) is 0 Å². The van der Waals surface area contributed by atoms with E-state index in [1.54, 1.807) is 24.3 Å². The standard InChI is InChI=1S/C21H23N5O3/c1-4-26-14(3)23-17-11-16(9-10-18(17)26)21(29)25-24-19(27)12-22-20(28)15-7-5-13(2)6-8-15/h5-11H,4,12H2,1-3H3,(H,22,28)(H,24,27)(H,25,29). The lowest BCUT2D eigenvalue weighted by Gasteiger charge is -2.09. The molecule has 0 bridgehead atoms. The first-order valence-corrected chi connectivity index (χ1v) is 9.30. The summed E-state index contributed by atoms with van der Waals surface area (Å²) < 4.78 is 2.05. The molecule has 29 heavy (non-hydrogen) atoms. The van der Waals surface area contributed by atoms with E-state index >= 15 is 0 Å². The van der Waals surface area contributed by atoms with Crippen LogP contribution >= 0.6 is 0 Å². The number of rotatable bonds is 5. The Morgan fingerprint density at radius 3 is 2.31 bits per heavy atom. The van der Waals surface area contributed by atoms with Crippen LogP contribution in [0.15, 0.2) is 42.5 Å². The zero-order valence-corrected chi connectivity index (χ0v) is 16.6. The molecule has 150 valence electrons. The molecule has 0 unspecified atom stereocenters. The molecule has 0 saturated carbocycles. The monoisotopic (exact) mass is 393 g/mol. The number of hydrogen-bond acceptors (Lipinski definition) is 4. The van der Waals surface area contributed by atoms with Crippen molar-refractivity contribution in [1.82, 2.24) is 25.7 Å². The highest BCUT2D eigenvalue weighted by Gasteiger charge is 2.12. The van der Waals surface area contributed by atoms with Crippen LogP contribution < -0.4 is 16.2 Å². The van der Waals surface area contributed by atoms with Crippen molar-refractivity contribution in [3.05, 3.63) is 65.0 Å². The van der Waals surface area contributed by atoms with Gasteiger partial charge in [-0.25, -0.2) is 4.98 Å². The van der Waals surface area contributed by atoms with Gasteiger partial charge in [0.15, 0.2) is 0 Å². The summed E-state index contributed by atoms with van der Waals surface area (Å²) in [6, 6.07) is 12.2. The second kappa shape index (κ2) is 8.55. The minimum absolute atomic E-state index is 0.258. The number of imidazole rings is 1. The zero-order valence-electron chi connectivity index (χ0n) is 16.6. The van der Waals surface area contributed by atoms with E-state index < -0.39 is 11.8 Å². The van der Waals surface area contributed by atoms with Gasteiger partial charge in [-0.15, -0.1) is 0 Å². The molecular weight excluding hydrogens is 370 g/mol. The SMILES string of the molecule is CCn1c(C)nc2cc(C(=O)NNC(=O)CNC(=O)c3ccc(C)cc3)ccc21. The molecule has 3 rings (SSSR count). The van der Waals surface area contributed by atoms with E-state index in [1.807, 2.05) is 39.0 Å². The van der Waals surface area contributed by atoms with Crippen LogP contribution in [0.2, 0.25) is 0 Å². The van der Waals surface area contributed by atoms with Crippen molar-refractivity contribution in [2.75, 3.05) is 6.54 Å². The van der Waals surface area contributed by atoms with Gasteiger partial charge >= 0.3 is 0 Å². The largest absolute Gasteiger partial charge is 0.343 e. The number of nitrogens with one attached hydrogen (secondary N) is 3. The lowest BCUT2D eigenvalue weighted by Crippen LogP contribution is -2.46. The highest BCUT2D eigenvalue weighted by Crippen LogP contribution is 2.17. The van der Waals surface area contributed by atoms with Crippen molar-refractivity contribution in [3.8, 4) is 0 Å². The van der Waals surface area contributed by atoms with Crippen LogP contribution in [0.25, 0.3) is 11.0 Å². The highest BCUT2D eigenvalue weighted by atomic mass is 16.2. The average molecular weight is 393 g/mol. The van der Waals surface area contributed by atoms with Gasteiger partial charge in [-0.1, -0.05) is 17.7 Å². The summed E-state index contributed by atoms with van der Waals surface area (Å²) in [6.45, 7) is 6.40. The second-order valence-corrected chi connectivity index (χ2v) is 6.66. The molecule has 0 atom stereocenters. The van der Waals surface area contributed by atoms with Gasteiger partial charge in [0.25, 0.3) is 17.7 Å². The van der Waals surface area contributed by atoms with E-state index in [2.05, 4.69) is 25.7 Å². The molecule has 8 heteroatoms. The van der Waals surface area contributed by atoms with Gasteiger partial charge < -0.3 is 9.88 Å². The van der Waals surface area contributed by atoms with Crippen molar-refractivity contribution in [2.45, 2.75) is 27.3 Å². The summed E-state index contributed by atoms with van der Waals surface area (Å²) in [5.41, 5.74) is 8.18. The van der Waals surface area contributed by atoms with E-state index in [-0.39, 0.29) is 12.5 Å². The third-order valence-electron chi connectivity index (χ3n) is 4.56. The molecule has 3 N–H and O–H groups in total. The molecule has 0 spiro atoms. The van der Waals surface area contributed by atoms with Gasteiger partial charge in [0, 0.05) is 17.7 Å². The molecule has 3 aromatic rings. The number of aryl methyl sites for hydroxylation is 3. The van der Waals surface area contributed by atoms with Crippen molar-refractivity contribution in [2.24, 2.45) is 0 Å². The number of benzene rings is 2. The average Bonchev–Trinajstić information content (AvgIpc) is 3.04. The van der Waals surface area contributed by atoms with Crippen LogP contribution in [0.4, 0.5) is 0 Å². The fourth-order valence-corrected chi connectivity index (χ4v) is 3.00. The third-order valence-corrected chi connectivity index (χ3v) is 4.56. The van der Waals surface area contributed by atoms with Gasteiger partial charge in [-0.05, 0) is 51.1 Å². The predicted molar refractivity (Wildman–Crippen MR) is 109 cm³/mol. The Labute approximate surface area is 168 Å². The Balaban J connectivity index is 1.53. The van der Waals surface area contributed by atoms with Crippen LogP contribution in [0.5, 0.6) is 0 Å². The Kier molecular flexibility index (Phi) is 5.92. The minimum Gasteiger partial charge on any atom is -0.343 e. The van der Waals surface area contributed by atoms with Crippen molar-refractivity contribution in [1.29, 1.82) is 0 Å². The van der Waals surface area contributed by atoms with Crippen LogP contribution in [0.1, 0.15) is 39.0 Å². The molecule has 1 heterocycles. The zero-order chi connectivity index (χ0) is 21.0. The Hall–Kier alpha value is -3.68. The first kappa shape index (κ1) is 20.1. The maximum atomic E-state index is 12.3. The predicted octanol–water partition coefficient (Wildman–Crippen LogP) is 1.86.